The lowest BCUT2D eigenvalue weighted by Crippen LogP contribution is -2.29. The number of carbonyl (C=O) groups is 1. The molecule has 6 rings (SSSR count). The molecular formula is C26H20N4OS2. The van der Waals surface area contributed by atoms with Crippen LogP contribution in [-0.4, -0.2) is 34.6 Å². The molecule has 2 aliphatic rings. The zero-order chi connectivity index (χ0) is 22.5. The van der Waals surface area contributed by atoms with Gasteiger partial charge in [-0.05, 0) is 48.2 Å². The summed E-state index contributed by atoms with van der Waals surface area (Å²) in [7, 11) is 2.01. The van der Waals surface area contributed by atoms with E-state index in [1.165, 1.54) is 11.8 Å². The van der Waals surface area contributed by atoms with Gasteiger partial charge in [-0.25, -0.2) is 4.99 Å². The van der Waals surface area contributed by atoms with E-state index in [1.54, 1.807) is 22.7 Å². The second-order valence-corrected chi connectivity index (χ2v) is 9.87. The summed E-state index contributed by atoms with van der Waals surface area (Å²) in [4.78, 5) is 27.4. The Labute approximate surface area is 199 Å². The fourth-order valence-electron chi connectivity index (χ4n) is 4.23. The number of H-pyrrole nitrogens is 1. The molecule has 0 unspecified atom stereocenters. The van der Waals surface area contributed by atoms with Crippen molar-refractivity contribution in [3.63, 3.8) is 0 Å². The summed E-state index contributed by atoms with van der Waals surface area (Å²) in [5.74, 6) is -0.0334. The molecule has 0 atom stereocenters. The molecule has 33 heavy (non-hydrogen) atoms. The fraction of sp³-hybridized carbons (Fsp3) is 0.0769. The third-order valence-corrected chi connectivity index (χ3v) is 8.25. The lowest BCUT2D eigenvalue weighted by molar-refractivity contribution is -0.121. The summed E-state index contributed by atoms with van der Waals surface area (Å²) in [6.07, 6.45) is 1.74. The van der Waals surface area contributed by atoms with Gasteiger partial charge in [0, 0.05) is 40.3 Å². The van der Waals surface area contributed by atoms with Crippen LogP contribution in [0.2, 0.25) is 0 Å². The monoisotopic (exact) mass is 468 g/mol. The number of para-hydroxylation sites is 2. The number of nitrogens with one attached hydrogen (secondary N) is 1. The first-order chi connectivity index (χ1) is 16.1. The Bertz CT molecular complexity index is 1520. The van der Waals surface area contributed by atoms with E-state index in [2.05, 4.69) is 46.8 Å². The second-order valence-electron chi connectivity index (χ2n) is 7.86. The van der Waals surface area contributed by atoms with Gasteiger partial charge in [0.1, 0.15) is 4.91 Å². The normalized spacial score (nSPS) is 19.3. The first-order valence-corrected chi connectivity index (χ1v) is 12.2. The first-order valence-electron chi connectivity index (χ1n) is 10.6. The Kier molecular flexibility index (Phi) is 4.81. The highest BCUT2D eigenvalue weighted by atomic mass is 32.2. The van der Waals surface area contributed by atoms with Gasteiger partial charge in [-0.3, -0.25) is 9.69 Å². The minimum absolute atomic E-state index is 0.0334. The van der Waals surface area contributed by atoms with Gasteiger partial charge in [0.2, 0.25) is 0 Å². The molecular weight excluding hydrogens is 448 g/mol. The third-order valence-electron chi connectivity index (χ3n) is 5.82. The molecule has 0 aliphatic carbocycles. The highest BCUT2D eigenvalue weighted by molar-refractivity contribution is 8.19. The van der Waals surface area contributed by atoms with E-state index in [-0.39, 0.29) is 5.91 Å². The number of rotatable bonds is 3. The van der Waals surface area contributed by atoms with Crippen LogP contribution in [0.15, 0.2) is 99.2 Å². The Morgan fingerprint density at radius 2 is 1.79 bits per heavy atom. The molecule has 3 heterocycles. The van der Waals surface area contributed by atoms with Gasteiger partial charge in [0.15, 0.2) is 5.17 Å². The molecule has 7 heteroatoms. The molecule has 2 aliphatic heterocycles. The zero-order valence-corrected chi connectivity index (χ0v) is 19.5. The molecule has 162 valence electrons. The number of fused-ring (bicyclic) bond motifs is 4. The lowest BCUT2D eigenvalue weighted by atomic mass is 10.1. The second kappa shape index (κ2) is 7.86. The van der Waals surface area contributed by atoms with Gasteiger partial charge >= 0.3 is 0 Å². The molecule has 1 N–H and O–H groups in total. The predicted octanol–water partition coefficient (Wildman–Crippen LogP) is 6.48. The molecule has 3 aromatic carbocycles. The SMILES string of the molecule is C=CCN1C(=O)C(=C2Sc3ccccc3N2C)SC1=Nc1ccc2[nH]c3ccccc3c2c1. The summed E-state index contributed by atoms with van der Waals surface area (Å²) in [6.45, 7) is 4.26. The summed E-state index contributed by atoms with van der Waals surface area (Å²) in [6, 6.07) is 22.6. The van der Waals surface area contributed by atoms with Crippen molar-refractivity contribution in [3.8, 4) is 0 Å². The molecule has 0 bridgehead atoms. The average Bonchev–Trinajstić information content (AvgIpc) is 3.47. The minimum atomic E-state index is -0.0334. The van der Waals surface area contributed by atoms with Crippen LogP contribution >= 0.6 is 23.5 Å². The molecule has 1 amide bonds. The molecule has 5 nitrogen and oxygen atoms in total. The maximum Gasteiger partial charge on any atom is 0.269 e. The number of amides is 1. The lowest BCUT2D eigenvalue weighted by Gasteiger charge is -2.15. The standard InChI is InChI=1S/C26H20N4OS2/c1-3-14-30-24(31)23(25-29(2)21-10-6-7-11-22(21)32-25)33-26(30)27-16-12-13-20-18(15-16)17-8-4-5-9-19(17)28-20/h3-13,15,28H,1,14H2,2H3. The van der Waals surface area contributed by atoms with E-state index in [0.717, 1.165) is 43.1 Å². The number of benzene rings is 3. The zero-order valence-electron chi connectivity index (χ0n) is 17.9. The van der Waals surface area contributed by atoms with Crippen molar-refractivity contribution in [1.82, 2.24) is 9.88 Å². The van der Waals surface area contributed by atoms with E-state index in [1.807, 2.05) is 43.4 Å². The number of nitrogens with zero attached hydrogens (tertiary/aromatic N) is 3. The maximum absolute atomic E-state index is 13.4. The van der Waals surface area contributed by atoms with E-state index in [0.29, 0.717) is 16.6 Å². The van der Waals surface area contributed by atoms with Crippen molar-refractivity contribution < 1.29 is 4.79 Å². The Balaban J connectivity index is 1.42. The number of thioether (sulfide) groups is 2. The van der Waals surface area contributed by atoms with E-state index in [9.17, 15) is 4.79 Å². The molecule has 0 spiro atoms. The van der Waals surface area contributed by atoms with E-state index in [4.69, 9.17) is 4.99 Å². The smallest absolute Gasteiger partial charge is 0.269 e. The number of aromatic nitrogens is 1. The minimum Gasteiger partial charge on any atom is -0.355 e. The Morgan fingerprint density at radius 1 is 1.00 bits per heavy atom. The molecule has 1 aromatic heterocycles. The van der Waals surface area contributed by atoms with Gasteiger partial charge in [-0.2, -0.15) is 0 Å². The van der Waals surface area contributed by atoms with Crippen LogP contribution in [0.4, 0.5) is 11.4 Å². The van der Waals surface area contributed by atoms with Crippen molar-refractivity contribution in [2.45, 2.75) is 4.90 Å². The molecule has 1 saturated heterocycles. The molecule has 4 aromatic rings. The summed E-state index contributed by atoms with van der Waals surface area (Å²) in [5.41, 5.74) is 4.11. The Hall–Kier alpha value is -3.42. The average molecular weight is 469 g/mol. The molecule has 0 saturated carbocycles. The van der Waals surface area contributed by atoms with Crippen molar-refractivity contribution >= 4 is 67.8 Å². The number of hydrogen-bond donors (Lipinski definition) is 1. The number of amidine groups is 1. The first kappa shape index (κ1) is 20.2. The van der Waals surface area contributed by atoms with Gasteiger partial charge in [-0.15, -0.1) is 6.58 Å². The van der Waals surface area contributed by atoms with Gasteiger partial charge in [0.25, 0.3) is 5.91 Å². The molecule has 1 fully saturated rings. The van der Waals surface area contributed by atoms with Crippen LogP contribution in [0.25, 0.3) is 21.8 Å². The largest absolute Gasteiger partial charge is 0.355 e. The molecule has 0 radical (unpaired) electrons. The van der Waals surface area contributed by atoms with Crippen molar-refractivity contribution in [1.29, 1.82) is 0 Å². The number of aliphatic imine (C=N–C) groups is 1. The van der Waals surface area contributed by atoms with E-state index < -0.39 is 0 Å². The van der Waals surface area contributed by atoms with Gasteiger partial charge in [-0.1, -0.05) is 48.2 Å². The highest BCUT2D eigenvalue weighted by Gasteiger charge is 2.38. The number of anilines is 1. The van der Waals surface area contributed by atoms with Crippen LogP contribution in [0.3, 0.4) is 0 Å². The van der Waals surface area contributed by atoms with Crippen LogP contribution in [0.5, 0.6) is 0 Å². The van der Waals surface area contributed by atoms with Gasteiger partial charge in [0.05, 0.1) is 16.4 Å². The van der Waals surface area contributed by atoms with Crippen LogP contribution in [0.1, 0.15) is 0 Å². The van der Waals surface area contributed by atoms with Crippen LogP contribution in [0, 0.1) is 0 Å². The maximum atomic E-state index is 13.4. The summed E-state index contributed by atoms with van der Waals surface area (Å²) < 4.78 is 0. The number of hydrogen-bond acceptors (Lipinski definition) is 5. The topological polar surface area (TPSA) is 51.7 Å². The Morgan fingerprint density at radius 3 is 2.64 bits per heavy atom. The van der Waals surface area contributed by atoms with Gasteiger partial charge < -0.3 is 9.88 Å². The van der Waals surface area contributed by atoms with E-state index >= 15 is 0 Å². The van der Waals surface area contributed by atoms with Crippen molar-refractivity contribution in [2.24, 2.45) is 4.99 Å². The van der Waals surface area contributed by atoms with Crippen LogP contribution in [-0.2, 0) is 4.79 Å². The third kappa shape index (κ3) is 3.27. The summed E-state index contributed by atoms with van der Waals surface area (Å²) >= 11 is 3.06. The predicted molar refractivity (Wildman–Crippen MR) is 140 cm³/mol. The quantitative estimate of drug-likeness (QED) is 0.276. The summed E-state index contributed by atoms with van der Waals surface area (Å²) in [5, 5.41) is 3.90. The highest BCUT2D eigenvalue weighted by Crippen LogP contribution is 2.50. The fourth-order valence-corrected chi connectivity index (χ4v) is 6.58. The van der Waals surface area contributed by atoms with Crippen molar-refractivity contribution in [2.75, 3.05) is 18.5 Å². The van der Waals surface area contributed by atoms with Crippen molar-refractivity contribution in [3.05, 3.63) is 89.3 Å². The number of carbonyl (C=O) groups excluding carboxylic acids is 1. The number of aromatic amines is 1. The van der Waals surface area contributed by atoms with Crippen LogP contribution < -0.4 is 4.90 Å².